The van der Waals surface area contributed by atoms with Gasteiger partial charge in [0.25, 0.3) is 5.91 Å². The number of aromatic nitrogens is 2. The number of carboxylic acid groups (broad SMARTS) is 1. The number of thioether (sulfide) groups is 1. The van der Waals surface area contributed by atoms with Crippen molar-refractivity contribution in [3.05, 3.63) is 71.3 Å². The van der Waals surface area contributed by atoms with Crippen LogP contribution in [0.2, 0.25) is 0 Å². The number of nitrogens with zero attached hydrogens (tertiary/aromatic N) is 3. The number of carbonyl (C=O) groups is 2. The molecule has 0 radical (unpaired) electrons. The highest BCUT2D eigenvalue weighted by molar-refractivity contribution is 8.26. The van der Waals surface area contributed by atoms with E-state index in [1.165, 1.54) is 0 Å². The third-order valence-electron chi connectivity index (χ3n) is 4.57. The van der Waals surface area contributed by atoms with E-state index < -0.39 is 18.4 Å². The van der Waals surface area contributed by atoms with Gasteiger partial charge in [-0.2, -0.15) is 5.10 Å². The second kappa shape index (κ2) is 8.75. The Balaban J connectivity index is 1.78. The highest BCUT2D eigenvalue weighted by Gasteiger charge is 2.32. The third kappa shape index (κ3) is 4.37. The lowest BCUT2D eigenvalue weighted by Gasteiger charge is -2.14. The van der Waals surface area contributed by atoms with E-state index in [1.54, 1.807) is 17.9 Å². The molecule has 0 atom stereocenters. The Hall–Kier alpha value is -3.43. The predicted molar refractivity (Wildman–Crippen MR) is 120 cm³/mol. The monoisotopic (exact) mass is 450 g/mol. The van der Waals surface area contributed by atoms with E-state index in [4.69, 9.17) is 22.1 Å². The number of hydrogen-bond acceptors (Lipinski definition) is 7. The molecular formula is C22H16N3O4S2-. The van der Waals surface area contributed by atoms with Crippen molar-refractivity contribution in [3.63, 3.8) is 0 Å². The number of carbonyl (C=O) groups excluding carboxylic acids is 2. The largest absolute Gasteiger partial charge is 0.548 e. The number of amides is 1. The van der Waals surface area contributed by atoms with Gasteiger partial charge in [0, 0.05) is 17.3 Å². The molecule has 4 rings (SSSR count). The fraction of sp³-hybridized carbons (Fsp3) is 0.0909. The van der Waals surface area contributed by atoms with Crippen LogP contribution in [0.25, 0.3) is 23.0 Å². The number of benzene rings is 2. The van der Waals surface area contributed by atoms with Gasteiger partial charge in [0.1, 0.15) is 10.1 Å². The summed E-state index contributed by atoms with van der Waals surface area (Å²) in [5.74, 6) is -1.11. The summed E-state index contributed by atoms with van der Waals surface area (Å²) in [6.07, 6.45) is 3.50. The van der Waals surface area contributed by atoms with E-state index in [0.29, 0.717) is 16.2 Å². The van der Waals surface area contributed by atoms with Gasteiger partial charge >= 0.3 is 0 Å². The molecule has 0 aliphatic carbocycles. The van der Waals surface area contributed by atoms with Crippen molar-refractivity contribution in [3.8, 4) is 22.7 Å². The van der Waals surface area contributed by atoms with E-state index in [2.05, 4.69) is 0 Å². The zero-order valence-corrected chi connectivity index (χ0v) is 18.0. The second-order valence-corrected chi connectivity index (χ2v) is 8.26. The lowest BCUT2D eigenvalue weighted by Crippen LogP contribution is -2.40. The SMILES string of the molecule is COc1ccc(-c2nn(-c3ccccc3)cc2/C=C2/SC(=S)N(CC(=O)[O-])C2=O)cc1. The zero-order chi connectivity index (χ0) is 22.0. The molecule has 0 unspecified atom stereocenters. The van der Waals surface area contributed by atoms with Crippen LogP contribution in [0.1, 0.15) is 5.56 Å². The van der Waals surface area contributed by atoms with Crippen LogP contribution in [0.15, 0.2) is 65.7 Å². The fourth-order valence-corrected chi connectivity index (χ4v) is 4.33. The zero-order valence-electron chi connectivity index (χ0n) is 16.3. The molecule has 0 saturated carbocycles. The van der Waals surface area contributed by atoms with Crippen molar-refractivity contribution >= 4 is 46.3 Å². The number of carboxylic acids is 1. The quantitative estimate of drug-likeness (QED) is 0.421. The first-order chi connectivity index (χ1) is 15.0. The molecule has 156 valence electrons. The van der Waals surface area contributed by atoms with Crippen LogP contribution in [0, 0.1) is 0 Å². The van der Waals surface area contributed by atoms with Gasteiger partial charge in [-0.15, -0.1) is 0 Å². The molecule has 0 bridgehead atoms. The Bertz CT molecular complexity index is 1190. The van der Waals surface area contributed by atoms with Gasteiger partial charge in [0.05, 0.1) is 35.9 Å². The number of para-hydroxylation sites is 1. The third-order valence-corrected chi connectivity index (χ3v) is 5.95. The van der Waals surface area contributed by atoms with Crippen molar-refractivity contribution in [2.75, 3.05) is 13.7 Å². The summed E-state index contributed by atoms with van der Waals surface area (Å²) in [7, 11) is 1.60. The minimum atomic E-state index is -1.37. The van der Waals surface area contributed by atoms with Gasteiger partial charge in [0.2, 0.25) is 0 Å². The molecule has 1 aliphatic heterocycles. The number of rotatable bonds is 6. The molecule has 3 aromatic rings. The maximum absolute atomic E-state index is 12.7. The normalized spacial score (nSPS) is 15.0. The highest BCUT2D eigenvalue weighted by Crippen LogP contribution is 2.35. The van der Waals surface area contributed by atoms with Gasteiger partial charge < -0.3 is 14.6 Å². The molecule has 2 aromatic carbocycles. The van der Waals surface area contributed by atoms with Crippen molar-refractivity contribution in [1.29, 1.82) is 0 Å². The van der Waals surface area contributed by atoms with Crippen LogP contribution >= 0.6 is 24.0 Å². The average molecular weight is 451 g/mol. The molecule has 7 nitrogen and oxygen atoms in total. The van der Waals surface area contributed by atoms with Crippen LogP contribution in [-0.2, 0) is 9.59 Å². The van der Waals surface area contributed by atoms with Crippen LogP contribution < -0.4 is 9.84 Å². The van der Waals surface area contributed by atoms with Gasteiger partial charge in [-0.1, -0.05) is 42.2 Å². The van der Waals surface area contributed by atoms with Gasteiger partial charge in [-0.05, 0) is 42.5 Å². The molecular weight excluding hydrogens is 434 g/mol. The topological polar surface area (TPSA) is 87.5 Å². The summed E-state index contributed by atoms with van der Waals surface area (Å²) >= 11 is 6.22. The first-order valence-electron chi connectivity index (χ1n) is 9.21. The molecule has 1 saturated heterocycles. The van der Waals surface area contributed by atoms with E-state index in [-0.39, 0.29) is 4.32 Å². The number of methoxy groups -OCH3 is 1. The minimum Gasteiger partial charge on any atom is -0.548 e. The standard InChI is InChI=1S/C22H17N3O4S2/c1-29-17-9-7-14(8-10-17)20-15(12-25(23-20)16-5-3-2-4-6-16)11-18-21(28)24(13-19(26)27)22(30)31-18/h2-12H,13H2,1H3,(H,26,27)/p-1/b18-11+. The minimum absolute atomic E-state index is 0.182. The highest BCUT2D eigenvalue weighted by atomic mass is 32.2. The smallest absolute Gasteiger partial charge is 0.266 e. The molecule has 0 spiro atoms. The molecule has 1 amide bonds. The Morgan fingerprint density at radius 3 is 2.55 bits per heavy atom. The number of thiocarbonyl (C=S) groups is 1. The maximum Gasteiger partial charge on any atom is 0.266 e. The Morgan fingerprint density at radius 1 is 1.19 bits per heavy atom. The summed E-state index contributed by atoms with van der Waals surface area (Å²) in [5, 5.41) is 15.7. The average Bonchev–Trinajstić information content (AvgIpc) is 3.31. The van der Waals surface area contributed by atoms with E-state index >= 15 is 0 Å². The summed E-state index contributed by atoms with van der Waals surface area (Å²) < 4.78 is 7.14. The maximum atomic E-state index is 12.7. The Labute approximate surface area is 187 Å². The number of ether oxygens (including phenoxy) is 1. The van der Waals surface area contributed by atoms with Gasteiger partial charge in [0.15, 0.2) is 0 Å². The fourth-order valence-electron chi connectivity index (χ4n) is 3.09. The second-order valence-electron chi connectivity index (χ2n) is 6.58. The summed E-state index contributed by atoms with van der Waals surface area (Å²) in [4.78, 5) is 25.0. The van der Waals surface area contributed by atoms with Crippen LogP contribution in [0.4, 0.5) is 0 Å². The van der Waals surface area contributed by atoms with Crippen molar-refractivity contribution in [2.45, 2.75) is 0 Å². The van der Waals surface area contributed by atoms with Gasteiger partial charge in [-0.25, -0.2) is 4.68 Å². The number of aliphatic carboxylic acids is 1. The molecule has 1 fully saturated rings. The first-order valence-corrected chi connectivity index (χ1v) is 10.4. The first kappa shape index (κ1) is 20.8. The van der Waals surface area contributed by atoms with Crippen LogP contribution in [0.3, 0.4) is 0 Å². The van der Waals surface area contributed by atoms with Crippen molar-refractivity contribution in [1.82, 2.24) is 14.7 Å². The molecule has 0 N–H and O–H groups in total. The van der Waals surface area contributed by atoms with Crippen LogP contribution in [0.5, 0.6) is 5.75 Å². The van der Waals surface area contributed by atoms with Crippen molar-refractivity contribution < 1.29 is 19.4 Å². The van der Waals surface area contributed by atoms with Crippen molar-refractivity contribution in [2.24, 2.45) is 0 Å². The molecule has 31 heavy (non-hydrogen) atoms. The Morgan fingerprint density at radius 2 is 1.90 bits per heavy atom. The van der Waals surface area contributed by atoms with E-state index in [9.17, 15) is 14.7 Å². The summed E-state index contributed by atoms with van der Waals surface area (Å²) in [5.41, 5.74) is 3.06. The van der Waals surface area contributed by atoms with Gasteiger partial charge in [-0.3, -0.25) is 9.69 Å². The van der Waals surface area contributed by atoms with E-state index in [1.807, 2.05) is 60.8 Å². The number of hydrogen-bond donors (Lipinski definition) is 0. The van der Waals surface area contributed by atoms with Crippen LogP contribution in [-0.4, -0.2) is 44.5 Å². The predicted octanol–water partition coefficient (Wildman–Crippen LogP) is 2.50. The van der Waals surface area contributed by atoms with E-state index in [0.717, 1.165) is 33.7 Å². The lowest BCUT2D eigenvalue weighted by molar-refractivity contribution is -0.305. The molecule has 1 aliphatic rings. The molecule has 9 heteroatoms. The summed E-state index contributed by atoms with van der Waals surface area (Å²) in [6.45, 7) is -0.573. The lowest BCUT2D eigenvalue weighted by atomic mass is 10.1. The summed E-state index contributed by atoms with van der Waals surface area (Å²) in [6, 6.07) is 17.0. The molecule has 1 aromatic heterocycles. The Kier molecular flexibility index (Phi) is 5.88. The molecule has 2 heterocycles.